The van der Waals surface area contributed by atoms with Crippen LogP contribution in [-0.4, -0.2) is 26.7 Å². The first-order chi connectivity index (χ1) is 13.5. The topological polar surface area (TPSA) is 109 Å². The van der Waals surface area contributed by atoms with Crippen LogP contribution in [0.25, 0.3) is 0 Å². The third-order valence-corrected chi connectivity index (χ3v) is 4.12. The summed E-state index contributed by atoms with van der Waals surface area (Å²) in [6.45, 7) is 1.65. The fourth-order valence-electron chi connectivity index (χ4n) is 2.68. The predicted octanol–water partition coefficient (Wildman–Crippen LogP) is 2.61. The van der Waals surface area contributed by atoms with E-state index in [9.17, 15) is 13.9 Å². The Morgan fingerprint density at radius 3 is 2.61 bits per heavy atom. The van der Waals surface area contributed by atoms with Gasteiger partial charge in [0.05, 0.1) is 19.2 Å². The van der Waals surface area contributed by atoms with Crippen LogP contribution in [0.5, 0.6) is 0 Å². The van der Waals surface area contributed by atoms with Crippen molar-refractivity contribution in [2.45, 2.75) is 19.5 Å². The molecule has 1 heterocycles. The molecular weight excluding hydrogens is 366 g/mol. The summed E-state index contributed by atoms with van der Waals surface area (Å²) in [5, 5.41) is 15.6. The summed E-state index contributed by atoms with van der Waals surface area (Å²) in [6.07, 6.45) is 0. The molecule has 0 radical (unpaired) electrons. The number of hydrogen-bond acceptors (Lipinski definition) is 7. The standard InChI is InChI=1S/C19H20F2N6O/c1-11-4-2-3-5-15(11)24-19-26-17(25-18(22)27-19)9-23-16(10-28)13-7-6-12(20)8-14(13)21/h2-8,16,23,28H,9-10H2,1H3,(H3,22,24,25,26,27). The average Bonchev–Trinajstić information content (AvgIpc) is 2.65. The number of nitrogens with zero attached hydrogens (tertiary/aromatic N) is 3. The smallest absolute Gasteiger partial charge is 0.232 e. The maximum atomic E-state index is 14.0. The van der Waals surface area contributed by atoms with Crippen molar-refractivity contribution in [1.82, 2.24) is 20.3 Å². The number of anilines is 3. The Labute approximate surface area is 160 Å². The number of halogens is 2. The summed E-state index contributed by atoms with van der Waals surface area (Å²) < 4.78 is 27.1. The van der Waals surface area contributed by atoms with E-state index in [0.29, 0.717) is 5.82 Å². The molecule has 0 amide bonds. The fourth-order valence-corrected chi connectivity index (χ4v) is 2.68. The van der Waals surface area contributed by atoms with Gasteiger partial charge in [-0.05, 0) is 24.6 Å². The molecule has 0 aliphatic rings. The first kappa shape index (κ1) is 19.6. The van der Waals surface area contributed by atoms with E-state index in [1.807, 2.05) is 31.2 Å². The number of aliphatic hydroxyl groups is 1. The van der Waals surface area contributed by atoms with Gasteiger partial charge in [0.1, 0.15) is 17.5 Å². The van der Waals surface area contributed by atoms with Crippen LogP contribution >= 0.6 is 0 Å². The molecule has 0 saturated carbocycles. The second kappa shape index (κ2) is 8.68. The number of rotatable bonds is 7. The van der Waals surface area contributed by atoms with Crippen molar-refractivity contribution >= 4 is 17.6 Å². The summed E-state index contributed by atoms with van der Waals surface area (Å²) in [4.78, 5) is 12.4. The number of nitrogen functional groups attached to an aromatic ring is 1. The predicted molar refractivity (Wildman–Crippen MR) is 102 cm³/mol. The quantitative estimate of drug-likeness (QED) is 0.494. The van der Waals surface area contributed by atoms with Gasteiger partial charge in [0.2, 0.25) is 11.9 Å². The minimum absolute atomic E-state index is 0.0244. The monoisotopic (exact) mass is 386 g/mol. The van der Waals surface area contributed by atoms with Gasteiger partial charge in [-0.15, -0.1) is 0 Å². The fraction of sp³-hybridized carbons (Fsp3) is 0.211. The minimum atomic E-state index is -0.758. The van der Waals surface area contributed by atoms with Gasteiger partial charge < -0.3 is 21.5 Å². The zero-order valence-corrected chi connectivity index (χ0v) is 15.2. The van der Waals surface area contributed by atoms with Crippen molar-refractivity contribution in [2.24, 2.45) is 0 Å². The minimum Gasteiger partial charge on any atom is -0.394 e. The Kier molecular flexibility index (Phi) is 6.07. The Morgan fingerprint density at radius 2 is 1.89 bits per heavy atom. The third kappa shape index (κ3) is 4.76. The zero-order valence-electron chi connectivity index (χ0n) is 15.2. The molecule has 0 fully saturated rings. The lowest BCUT2D eigenvalue weighted by atomic mass is 10.1. The lowest BCUT2D eigenvalue weighted by Gasteiger charge is -2.17. The van der Waals surface area contributed by atoms with Gasteiger partial charge in [-0.3, -0.25) is 0 Å². The van der Waals surface area contributed by atoms with Crippen molar-refractivity contribution in [3.8, 4) is 0 Å². The highest BCUT2D eigenvalue weighted by Crippen LogP contribution is 2.20. The van der Waals surface area contributed by atoms with E-state index < -0.39 is 24.3 Å². The van der Waals surface area contributed by atoms with E-state index in [2.05, 4.69) is 25.6 Å². The van der Waals surface area contributed by atoms with E-state index in [-0.39, 0.29) is 24.0 Å². The molecule has 9 heteroatoms. The third-order valence-electron chi connectivity index (χ3n) is 4.12. The molecule has 5 N–H and O–H groups in total. The number of aromatic nitrogens is 3. The molecule has 7 nitrogen and oxygen atoms in total. The van der Waals surface area contributed by atoms with Gasteiger partial charge in [-0.2, -0.15) is 15.0 Å². The highest BCUT2D eigenvalue weighted by molar-refractivity contribution is 5.58. The van der Waals surface area contributed by atoms with Crippen LogP contribution in [0, 0.1) is 18.6 Å². The highest BCUT2D eigenvalue weighted by Gasteiger charge is 2.16. The Morgan fingerprint density at radius 1 is 1.11 bits per heavy atom. The number of nitrogens with one attached hydrogen (secondary N) is 2. The Balaban J connectivity index is 1.75. The van der Waals surface area contributed by atoms with Gasteiger partial charge in [-0.1, -0.05) is 24.3 Å². The van der Waals surface area contributed by atoms with Crippen molar-refractivity contribution < 1.29 is 13.9 Å². The highest BCUT2D eigenvalue weighted by atomic mass is 19.1. The van der Waals surface area contributed by atoms with Crippen LogP contribution < -0.4 is 16.4 Å². The molecule has 3 aromatic rings. The maximum absolute atomic E-state index is 14.0. The second-order valence-corrected chi connectivity index (χ2v) is 6.16. The van der Waals surface area contributed by atoms with Crippen molar-refractivity contribution in [2.75, 3.05) is 17.7 Å². The summed E-state index contributed by atoms with van der Waals surface area (Å²) in [7, 11) is 0. The van der Waals surface area contributed by atoms with Crippen LogP contribution in [0.3, 0.4) is 0 Å². The molecule has 3 rings (SSSR count). The van der Waals surface area contributed by atoms with Gasteiger partial charge >= 0.3 is 0 Å². The summed E-state index contributed by atoms with van der Waals surface area (Å²) in [6, 6.07) is 10.0. The number of benzene rings is 2. The number of para-hydroxylation sites is 1. The van der Waals surface area contributed by atoms with Gasteiger partial charge in [0.15, 0.2) is 0 Å². The molecule has 146 valence electrons. The molecule has 1 unspecified atom stereocenters. The van der Waals surface area contributed by atoms with Crippen molar-refractivity contribution in [3.63, 3.8) is 0 Å². The molecule has 1 aromatic heterocycles. The molecule has 0 aliphatic carbocycles. The van der Waals surface area contributed by atoms with Gasteiger partial charge in [0, 0.05) is 17.3 Å². The molecule has 0 aliphatic heterocycles. The number of nitrogens with two attached hydrogens (primary N) is 1. The van der Waals surface area contributed by atoms with Crippen molar-refractivity contribution in [1.29, 1.82) is 0 Å². The molecule has 2 aromatic carbocycles. The SMILES string of the molecule is Cc1ccccc1Nc1nc(N)nc(CNC(CO)c2ccc(F)cc2F)n1. The van der Waals surface area contributed by atoms with Crippen LogP contribution in [0.4, 0.5) is 26.4 Å². The first-order valence-corrected chi connectivity index (χ1v) is 8.58. The van der Waals surface area contributed by atoms with E-state index in [1.165, 1.54) is 6.07 Å². The van der Waals surface area contributed by atoms with Gasteiger partial charge in [-0.25, -0.2) is 8.78 Å². The Bertz CT molecular complexity index is 969. The number of aliphatic hydroxyl groups excluding tert-OH is 1. The van der Waals surface area contributed by atoms with E-state index in [4.69, 9.17) is 5.73 Å². The molecule has 0 spiro atoms. The molecule has 0 saturated heterocycles. The van der Waals surface area contributed by atoms with Crippen LogP contribution in [-0.2, 0) is 6.54 Å². The first-order valence-electron chi connectivity index (χ1n) is 8.58. The molecule has 1 atom stereocenters. The van der Waals surface area contributed by atoms with Crippen molar-refractivity contribution in [3.05, 3.63) is 71.1 Å². The summed E-state index contributed by atoms with van der Waals surface area (Å²) in [5.74, 6) is -0.827. The van der Waals surface area contributed by atoms with E-state index in [0.717, 1.165) is 23.4 Å². The van der Waals surface area contributed by atoms with E-state index >= 15 is 0 Å². The number of aryl methyl sites for hydroxylation is 1. The molecular formula is C19H20F2N6O. The Hall–Kier alpha value is -3.17. The van der Waals surface area contributed by atoms with Crippen LogP contribution in [0.2, 0.25) is 0 Å². The summed E-state index contributed by atoms with van der Waals surface area (Å²) in [5.41, 5.74) is 7.74. The lowest BCUT2D eigenvalue weighted by Crippen LogP contribution is -2.26. The lowest BCUT2D eigenvalue weighted by molar-refractivity contribution is 0.239. The molecule has 0 bridgehead atoms. The van der Waals surface area contributed by atoms with Crippen LogP contribution in [0.15, 0.2) is 42.5 Å². The van der Waals surface area contributed by atoms with Crippen LogP contribution in [0.1, 0.15) is 23.0 Å². The second-order valence-electron chi connectivity index (χ2n) is 6.16. The number of hydrogen-bond donors (Lipinski definition) is 4. The summed E-state index contributed by atoms with van der Waals surface area (Å²) >= 11 is 0. The maximum Gasteiger partial charge on any atom is 0.232 e. The average molecular weight is 386 g/mol. The van der Waals surface area contributed by atoms with Gasteiger partial charge in [0.25, 0.3) is 0 Å². The zero-order chi connectivity index (χ0) is 20.1. The van der Waals surface area contributed by atoms with E-state index in [1.54, 1.807) is 0 Å². The molecule has 28 heavy (non-hydrogen) atoms. The normalized spacial score (nSPS) is 12.0. The largest absolute Gasteiger partial charge is 0.394 e.